The standard InChI is InChI=1S/C13H13N3O.ClH/c17-12(16-10-4-2-1-3-5-10)13(6-7-13)11-8-14-9-15-11;/h1-5,8-9H,6-7H2,(H,14,15)(H,16,17);1H. The average Bonchev–Trinajstić information content (AvgIpc) is 2.99. The lowest BCUT2D eigenvalue weighted by molar-refractivity contribution is -0.118. The van der Waals surface area contributed by atoms with Crippen LogP contribution in [0.3, 0.4) is 0 Å². The molecule has 1 heterocycles. The van der Waals surface area contributed by atoms with Crippen molar-refractivity contribution in [2.24, 2.45) is 0 Å². The summed E-state index contributed by atoms with van der Waals surface area (Å²) in [6, 6.07) is 9.52. The van der Waals surface area contributed by atoms with Crippen LogP contribution in [0, 0.1) is 0 Å². The third-order valence-electron chi connectivity index (χ3n) is 3.23. The molecule has 0 radical (unpaired) electrons. The van der Waals surface area contributed by atoms with E-state index in [2.05, 4.69) is 15.3 Å². The number of aromatic nitrogens is 2. The first-order valence-electron chi connectivity index (χ1n) is 5.67. The van der Waals surface area contributed by atoms with E-state index >= 15 is 0 Å². The van der Waals surface area contributed by atoms with Gasteiger partial charge < -0.3 is 10.3 Å². The van der Waals surface area contributed by atoms with Crippen LogP contribution < -0.4 is 5.32 Å². The van der Waals surface area contributed by atoms with Gasteiger partial charge in [0.1, 0.15) is 0 Å². The lowest BCUT2D eigenvalue weighted by Crippen LogP contribution is -2.28. The second-order valence-corrected chi connectivity index (χ2v) is 4.37. The number of amides is 1. The number of benzene rings is 1. The van der Waals surface area contributed by atoms with Gasteiger partial charge in [-0.1, -0.05) is 18.2 Å². The fraction of sp³-hybridized carbons (Fsp3) is 0.231. The van der Waals surface area contributed by atoms with Crippen LogP contribution in [0.1, 0.15) is 18.5 Å². The largest absolute Gasteiger partial charge is 0.348 e. The minimum Gasteiger partial charge on any atom is -0.348 e. The summed E-state index contributed by atoms with van der Waals surface area (Å²) in [5.41, 5.74) is 1.36. The summed E-state index contributed by atoms with van der Waals surface area (Å²) < 4.78 is 0. The first-order chi connectivity index (χ1) is 8.31. The second kappa shape index (κ2) is 4.82. The fourth-order valence-corrected chi connectivity index (χ4v) is 2.03. The molecule has 1 aromatic carbocycles. The molecule has 1 aliphatic rings. The van der Waals surface area contributed by atoms with Gasteiger partial charge in [0.2, 0.25) is 5.91 Å². The van der Waals surface area contributed by atoms with Crippen molar-refractivity contribution >= 4 is 24.0 Å². The normalized spacial score (nSPS) is 15.6. The van der Waals surface area contributed by atoms with Crippen LogP contribution in [0.15, 0.2) is 42.9 Å². The van der Waals surface area contributed by atoms with E-state index in [4.69, 9.17) is 0 Å². The molecule has 1 saturated carbocycles. The van der Waals surface area contributed by atoms with Crippen LogP contribution in [0.5, 0.6) is 0 Å². The Kier molecular flexibility index (Phi) is 3.39. The van der Waals surface area contributed by atoms with Crippen LogP contribution in [-0.2, 0) is 10.2 Å². The van der Waals surface area contributed by atoms with E-state index in [1.54, 1.807) is 12.5 Å². The number of carbonyl (C=O) groups excluding carboxylic acids is 1. The van der Waals surface area contributed by atoms with Gasteiger partial charge in [0.15, 0.2) is 0 Å². The second-order valence-electron chi connectivity index (χ2n) is 4.37. The van der Waals surface area contributed by atoms with Crippen molar-refractivity contribution in [3.8, 4) is 0 Å². The molecule has 2 N–H and O–H groups in total. The van der Waals surface area contributed by atoms with Crippen molar-refractivity contribution in [2.45, 2.75) is 18.3 Å². The predicted octanol–water partition coefficient (Wildman–Crippen LogP) is 2.50. The minimum absolute atomic E-state index is 0. The van der Waals surface area contributed by atoms with Crippen molar-refractivity contribution in [3.63, 3.8) is 0 Å². The number of halogens is 1. The monoisotopic (exact) mass is 263 g/mol. The Morgan fingerprint density at radius 1 is 1.28 bits per heavy atom. The number of para-hydroxylation sites is 1. The Hall–Kier alpha value is -1.81. The van der Waals surface area contributed by atoms with Gasteiger partial charge in [0.05, 0.1) is 17.4 Å². The summed E-state index contributed by atoms with van der Waals surface area (Å²) >= 11 is 0. The highest BCUT2D eigenvalue weighted by Crippen LogP contribution is 2.47. The lowest BCUT2D eigenvalue weighted by Gasteiger charge is -2.13. The summed E-state index contributed by atoms with van der Waals surface area (Å²) in [7, 11) is 0. The van der Waals surface area contributed by atoms with Crippen molar-refractivity contribution in [2.75, 3.05) is 5.32 Å². The lowest BCUT2D eigenvalue weighted by atomic mass is 10.0. The van der Waals surface area contributed by atoms with E-state index in [-0.39, 0.29) is 23.7 Å². The molecule has 1 aliphatic carbocycles. The summed E-state index contributed by atoms with van der Waals surface area (Å²) in [6.45, 7) is 0. The molecule has 4 nitrogen and oxygen atoms in total. The zero-order valence-corrected chi connectivity index (χ0v) is 10.5. The zero-order chi connectivity index (χ0) is 11.7. The van der Waals surface area contributed by atoms with Crippen LogP contribution in [-0.4, -0.2) is 15.9 Å². The van der Waals surface area contributed by atoms with Crippen molar-refractivity contribution in [1.82, 2.24) is 9.97 Å². The Labute approximate surface area is 111 Å². The van der Waals surface area contributed by atoms with Gasteiger partial charge in [0, 0.05) is 11.9 Å². The van der Waals surface area contributed by atoms with Gasteiger partial charge in [0.25, 0.3) is 0 Å². The number of rotatable bonds is 3. The third-order valence-corrected chi connectivity index (χ3v) is 3.23. The molecule has 2 aromatic rings. The maximum absolute atomic E-state index is 12.2. The first kappa shape index (κ1) is 12.6. The van der Waals surface area contributed by atoms with Gasteiger partial charge >= 0.3 is 0 Å². The first-order valence-corrected chi connectivity index (χ1v) is 5.67. The summed E-state index contributed by atoms with van der Waals surface area (Å²) in [4.78, 5) is 19.3. The summed E-state index contributed by atoms with van der Waals surface area (Å²) in [5, 5.41) is 2.95. The maximum Gasteiger partial charge on any atom is 0.236 e. The maximum atomic E-state index is 12.2. The highest BCUT2D eigenvalue weighted by Gasteiger charge is 2.52. The molecule has 5 heteroatoms. The van der Waals surface area contributed by atoms with Crippen molar-refractivity contribution < 1.29 is 4.79 Å². The highest BCUT2D eigenvalue weighted by molar-refractivity contribution is 6.01. The molecule has 0 saturated heterocycles. The van der Waals surface area contributed by atoms with Crippen molar-refractivity contribution in [3.05, 3.63) is 48.5 Å². The Balaban J connectivity index is 0.00000120. The number of H-pyrrole nitrogens is 1. The zero-order valence-electron chi connectivity index (χ0n) is 9.72. The molecule has 1 fully saturated rings. The minimum atomic E-state index is -0.383. The molecule has 0 spiro atoms. The third kappa shape index (κ3) is 2.11. The molecule has 3 rings (SSSR count). The number of carbonyl (C=O) groups is 1. The van der Waals surface area contributed by atoms with Gasteiger partial charge in [-0.05, 0) is 25.0 Å². The van der Waals surface area contributed by atoms with Gasteiger partial charge in [-0.3, -0.25) is 4.79 Å². The van der Waals surface area contributed by atoms with Gasteiger partial charge in [-0.25, -0.2) is 4.98 Å². The van der Waals surface area contributed by atoms with Crippen LogP contribution >= 0.6 is 12.4 Å². The molecule has 0 atom stereocenters. The van der Waals surface area contributed by atoms with Crippen molar-refractivity contribution in [1.29, 1.82) is 0 Å². The van der Waals surface area contributed by atoms with E-state index in [9.17, 15) is 4.79 Å². The molecule has 18 heavy (non-hydrogen) atoms. The van der Waals surface area contributed by atoms with E-state index < -0.39 is 0 Å². The highest BCUT2D eigenvalue weighted by atomic mass is 35.5. The summed E-state index contributed by atoms with van der Waals surface area (Å²) in [5.74, 6) is 0.0490. The molecule has 0 bridgehead atoms. The van der Waals surface area contributed by atoms with Gasteiger partial charge in [-0.15, -0.1) is 12.4 Å². The van der Waals surface area contributed by atoms with E-state index in [0.717, 1.165) is 24.2 Å². The number of imidazole rings is 1. The number of anilines is 1. The van der Waals surface area contributed by atoms with E-state index in [0.29, 0.717) is 0 Å². The molecule has 1 aromatic heterocycles. The van der Waals surface area contributed by atoms with Crippen LogP contribution in [0.2, 0.25) is 0 Å². The number of nitrogens with one attached hydrogen (secondary N) is 2. The molecule has 0 aliphatic heterocycles. The number of aromatic amines is 1. The molecular formula is C13H14ClN3O. The Morgan fingerprint density at radius 3 is 2.56 bits per heavy atom. The molecular weight excluding hydrogens is 250 g/mol. The number of hydrogen-bond donors (Lipinski definition) is 2. The van der Waals surface area contributed by atoms with Crippen LogP contribution in [0.4, 0.5) is 5.69 Å². The van der Waals surface area contributed by atoms with Gasteiger partial charge in [-0.2, -0.15) is 0 Å². The molecule has 0 unspecified atom stereocenters. The van der Waals surface area contributed by atoms with E-state index in [1.165, 1.54) is 0 Å². The molecule has 1 amide bonds. The SMILES string of the molecule is Cl.O=C(Nc1ccccc1)C1(c2cnc[nH]2)CC1. The Bertz CT molecular complexity index is 520. The smallest absolute Gasteiger partial charge is 0.236 e. The summed E-state index contributed by atoms with van der Waals surface area (Å²) in [6.07, 6.45) is 5.12. The van der Waals surface area contributed by atoms with Crippen LogP contribution in [0.25, 0.3) is 0 Å². The topological polar surface area (TPSA) is 57.8 Å². The quantitative estimate of drug-likeness (QED) is 0.894. The molecule has 94 valence electrons. The average molecular weight is 264 g/mol. The number of nitrogens with zero attached hydrogens (tertiary/aromatic N) is 1. The fourth-order valence-electron chi connectivity index (χ4n) is 2.03. The predicted molar refractivity (Wildman–Crippen MR) is 71.8 cm³/mol. The number of hydrogen-bond acceptors (Lipinski definition) is 2. The van der Waals surface area contributed by atoms with E-state index in [1.807, 2.05) is 30.3 Å². The Morgan fingerprint density at radius 2 is 2.00 bits per heavy atom.